The van der Waals surface area contributed by atoms with E-state index in [4.69, 9.17) is 0 Å². The maximum absolute atomic E-state index is 12.4. The molecule has 0 aliphatic rings. The van der Waals surface area contributed by atoms with Gasteiger partial charge in [0, 0.05) is 11.4 Å². The van der Waals surface area contributed by atoms with Gasteiger partial charge < -0.3 is 5.32 Å². The van der Waals surface area contributed by atoms with Crippen molar-refractivity contribution in [2.45, 2.75) is 36.9 Å². The molecule has 0 aliphatic carbocycles. The van der Waals surface area contributed by atoms with Gasteiger partial charge in [0.05, 0.1) is 12.1 Å². The lowest BCUT2D eigenvalue weighted by atomic mass is 10.1. The summed E-state index contributed by atoms with van der Waals surface area (Å²) in [5.41, 5.74) is 2.95. The van der Waals surface area contributed by atoms with Crippen molar-refractivity contribution in [2.24, 2.45) is 0 Å². The van der Waals surface area contributed by atoms with E-state index in [1.165, 1.54) is 17.3 Å². The van der Waals surface area contributed by atoms with E-state index in [2.05, 4.69) is 31.3 Å². The number of carbonyl (C=O) groups is 1. The Bertz CT molecular complexity index is 908. The third-order valence-corrected chi connectivity index (χ3v) is 5.16. The van der Waals surface area contributed by atoms with Crippen molar-refractivity contribution in [3.63, 3.8) is 0 Å². The molecule has 0 spiro atoms. The highest BCUT2D eigenvalue weighted by Crippen LogP contribution is 2.33. The normalized spacial score (nSPS) is 10.7. The SMILES string of the molecule is CCn1nc(Br)nc1Sc1ccccc1NC(=O)Cc1ccc(C)cc1. The summed E-state index contributed by atoms with van der Waals surface area (Å²) in [5.74, 6) is -0.0416. The minimum absolute atomic E-state index is 0.0416. The van der Waals surface area contributed by atoms with Gasteiger partial charge in [0.25, 0.3) is 0 Å². The summed E-state index contributed by atoms with van der Waals surface area (Å²) in [4.78, 5) is 17.8. The number of carbonyl (C=O) groups excluding carboxylic acids is 1. The lowest BCUT2D eigenvalue weighted by molar-refractivity contribution is -0.115. The average molecular weight is 431 g/mol. The molecule has 2 aromatic carbocycles. The summed E-state index contributed by atoms with van der Waals surface area (Å²) in [6.07, 6.45) is 0.343. The number of nitrogens with one attached hydrogen (secondary N) is 1. The molecule has 0 bridgehead atoms. The molecule has 0 atom stereocenters. The fraction of sp³-hybridized carbons (Fsp3) is 0.211. The van der Waals surface area contributed by atoms with Gasteiger partial charge in [0.1, 0.15) is 0 Å². The van der Waals surface area contributed by atoms with Crippen molar-refractivity contribution in [3.8, 4) is 0 Å². The number of aromatic nitrogens is 3. The first-order valence-electron chi connectivity index (χ1n) is 8.27. The molecule has 1 N–H and O–H groups in total. The van der Waals surface area contributed by atoms with Crippen LogP contribution < -0.4 is 5.32 Å². The lowest BCUT2D eigenvalue weighted by Crippen LogP contribution is -2.15. The summed E-state index contributed by atoms with van der Waals surface area (Å²) >= 11 is 4.79. The van der Waals surface area contributed by atoms with E-state index in [-0.39, 0.29) is 5.91 Å². The van der Waals surface area contributed by atoms with E-state index >= 15 is 0 Å². The fourth-order valence-electron chi connectivity index (χ4n) is 2.43. The van der Waals surface area contributed by atoms with Crippen molar-refractivity contribution in [3.05, 3.63) is 64.4 Å². The monoisotopic (exact) mass is 430 g/mol. The average Bonchev–Trinajstić information content (AvgIpc) is 2.98. The highest BCUT2D eigenvalue weighted by atomic mass is 79.9. The Kier molecular flexibility index (Phi) is 6.11. The van der Waals surface area contributed by atoms with Crippen molar-refractivity contribution in [1.82, 2.24) is 14.8 Å². The van der Waals surface area contributed by atoms with Crippen molar-refractivity contribution < 1.29 is 4.79 Å². The predicted molar refractivity (Wildman–Crippen MR) is 107 cm³/mol. The number of halogens is 1. The molecule has 0 saturated heterocycles. The molecule has 0 saturated carbocycles. The van der Waals surface area contributed by atoms with Gasteiger partial charge in [-0.2, -0.15) is 4.98 Å². The van der Waals surface area contributed by atoms with Crippen LogP contribution >= 0.6 is 27.7 Å². The van der Waals surface area contributed by atoms with Crippen LogP contribution in [0.4, 0.5) is 5.69 Å². The smallest absolute Gasteiger partial charge is 0.228 e. The molecule has 0 aliphatic heterocycles. The van der Waals surface area contributed by atoms with E-state index in [0.717, 1.165) is 27.8 Å². The van der Waals surface area contributed by atoms with E-state index in [0.29, 0.717) is 11.2 Å². The Labute approximate surface area is 165 Å². The molecule has 1 amide bonds. The van der Waals surface area contributed by atoms with Crippen LogP contribution in [0.3, 0.4) is 0 Å². The van der Waals surface area contributed by atoms with E-state index in [1.807, 2.05) is 67.1 Å². The van der Waals surface area contributed by atoms with Crippen LogP contribution in [0.15, 0.2) is 63.3 Å². The maximum Gasteiger partial charge on any atom is 0.228 e. The van der Waals surface area contributed by atoms with Gasteiger partial charge >= 0.3 is 0 Å². The topological polar surface area (TPSA) is 59.8 Å². The minimum Gasteiger partial charge on any atom is -0.325 e. The van der Waals surface area contributed by atoms with Crippen molar-refractivity contribution >= 4 is 39.3 Å². The molecule has 134 valence electrons. The summed E-state index contributed by atoms with van der Waals surface area (Å²) < 4.78 is 2.38. The molecular weight excluding hydrogens is 412 g/mol. The third kappa shape index (κ3) is 4.74. The standard InChI is InChI=1S/C19H19BrN4OS/c1-3-24-19(22-18(20)23-24)26-16-7-5-4-6-15(16)21-17(25)12-14-10-8-13(2)9-11-14/h4-11H,3,12H2,1-2H3,(H,21,25). The Morgan fingerprint density at radius 3 is 2.65 bits per heavy atom. The molecule has 1 heterocycles. The summed E-state index contributed by atoms with van der Waals surface area (Å²) in [6.45, 7) is 4.77. The number of hydrogen-bond acceptors (Lipinski definition) is 4. The first-order valence-corrected chi connectivity index (χ1v) is 9.88. The van der Waals surface area contributed by atoms with E-state index in [1.54, 1.807) is 0 Å². The summed E-state index contributed by atoms with van der Waals surface area (Å²) in [6, 6.07) is 15.7. The van der Waals surface area contributed by atoms with Crippen LogP contribution in [0.5, 0.6) is 0 Å². The Hall–Kier alpha value is -2.12. The van der Waals surface area contributed by atoms with Crippen LogP contribution in [0, 0.1) is 6.92 Å². The predicted octanol–water partition coefficient (Wildman–Crippen LogP) is 4.70. The Morgan fingerprint density at radius 2 is 1.92 bits per heavy atom. The molecule has 0 unspecified atom stereocenters. The van der Waals surface area contributed by atoms with Crippen LogP contribution in [-0.4, -0.2) is 20.7 Å². The number of aryl methyl sites for hydroxylation is 2. The highest BCUT2D eigenvalue weighted by molar-refractivity contribution is 9.10. The Balaban J connectivity index is 1.74. The zero-order valence-electron chi connectivity index (χ0n) is 14.6. The second kappa shape index (κ2) is 8.51. The first kappa shape index (κ1) is 18.7. The van der Waals surface area contributed by atoms with Gasteiger partial charge in [-0.05, 0) is 59.2 Å². The van der Waals surface area contributed by atoms with Gasteiger partial charge in [-0.3, -0.25) is 4.79 Å². The van der Waals surface area contributed by atoms with Crippen molar-refractivity contribution in [1.29, 1.82) is 0 Å². The van der Waals surface area contributed by atoms with Crippen LogP contribution in [0.1, 0.15) is 18.1 Å². The molecule has 0 fully saturated rings. The van der Waals surface area contributed by atoms with Gasteiger partial charge in [0.2, 0.25) is 10.6 Å². The van der Waals surface area contributed by atoms with Crippen LogP contribution in [-0.2, 0) is 17.8 Å². The quantitative estimate of drug-likeness (QED) is 0.615. The minimum atomic E-state index is -0.0416. The van der Waals surface area contributed by atoms with Crippen LogP contribution in [0.2, 0.25) is 0 Å². The van der Waals surface area contributed by atoms with E-state index < -0.39 is 0 Å². The second-order valence-corrected chi connectivity index (χ2v) is 7.51. The Morgan fingerprint density at radius 1 is 1.19 bits per heavy atom. The number of nitrogens with zero attached hydrogens (tertiary/aromatic N) is 3. The molecule has 26 heavy (non-hydrogen) atoms. The zero-order valence-corrected chi connectivity index (χ0v) is 17.0. The number of amides is 1. The molecule has 5 nitrogen and oxygen atoms in total. The third-order valence-electron chi connectivity index (χ3n) is 3.76. The van der Waals surface area contributed by atoms with Crippen molar-refractivity contribution in [2.75, 3.05) is 5.32 Å². The van der Waals surface area contributed by atoms with Gasteiger partial charge in [-0.1, -0.05) is 42.0 Å². The number of hydrogen-bond donors (Lipinski definition) is 1. The van der Waals surface area contributed by atoms with Crippen LogP contribution in [0.25, 0.3) is 0 Å². The van der Waals surface area contributed by atoms with E-state index in [9.17, 15) is 4.79 Å². The number of benzene rings is 2. The number of anilines is 1. The lowest BCUT2D eigenvalue weighted by Gasteiger charge is -2.11. The summed E-state index contributed by atoms with van der Waals surface area (Å²) in [5, 5.41) is 8.08. The number of para-hydroxylation sites is 1. The highest BCUT2D eigenvalue weighted by Gasteiger charge is 2.13. The molecule has 7 heteroatoms. The molecule has 3 aromatic rings. The second-order valence-electron chi connectivity index (χ2n) is 5.79. The fourth-order valence-corrected chi connectivity index (χ4v) is 3.88. The zero-order chi connectivity index (χ0) is 18.5. The molecule has 0 radical (unpaired) electrons. The number of rotatable bonds is 6. The largest absolute Gasteiger partial charge is 0.325 e. The van der Waals surface area contributed by atoms with Gasteiger partial charge in [0.15, 0.2) is 5.16 Å². The van der Waals surface area contributed by atoms with Gasteiger partial charge in [-0.15, -0.1) is 5.10 Å². The molecule has 3 rings (SSSR count). The molecule has 1 aromatic heterocycles. The first-order chi connectivity index (χ1) is 12.5. The van der Waals surface area contributed by atoms with Gasteiger partial charge in [-0.25, -0.2) is 4.68 Å². The molecular formula is C19H19BrN4OS. The summed E-state index contributed by atoms with van der Waals surface area (Å²) in [7, 11) is 0. The maximum atomic E-state index is 12.4.